The maximum absolute atomic E-state index is 12.5. The summed E-state index contributed by atoms with van der Waals surface area (Å²) < 4.78 is 37.5. The number of nitrogens with zero attached hydrogens (tertiary/aromatic N) is 1. The molecular weight excluding hydrogens is 269 g/mol. The highest BCUT2D eigenvalue weighted by Gasteiger charge is 2.33. The highest BCUT2D eigenvalue weighted by molar-refractivity contribution is 5.94. The summed E-state index contributed by atoms with van der Waals surface area (Å²) in [6, 6.07) is 5.15. The fourth-order valence-corrected chi connectivity index (χ4v) is 2.51. The lowest BCUT2D eigenvalue weighted by Crippen LogP contribution is -2.41. The number of halogens is 3. The van der Waals surface area contributed by atoms with Gasteiger partial charge in [-0.05, 0) is 42.5 Å². The molecule has 1 aliphatic carbocycles. The van der Waals surface area contributed by atoms with Crippen molar-refractivity contribution in [3.05, 3.63) is 34.9 Å². The fraction of sp³-hybridized carbons (Fsp3) is 0.500. The summed E-state index contributed by atoms with van der Waals surface area (Å²) in [7, 11) is 0. The molecule has 0 unspecified atom stereocenters. The van der Waals surface area contributed by atoms with Crippen molar-refractivity contribution >= 4 is 5.91 Å². The van der Waals surface area contributed by atoms with Crippen LogP contribution in [0.3, 0.4) is 0 Å². The Bertz CT molecular complexity index is 500. The minimum atomic E-state index is -4.42. The van der Waals surface area contributed by atoms with Gasteiger partial charge in [0.1, 0.15) is 6.54 Å². The van der Waals surface area contributed by atoms with Crippen molar-refractivity contribution in [1.29, 1.82) is 0 Å². The normalized spacial score (nSPS) is 14.2. The first-order valence-corrected chi connectivity index (χ1v) is 6.58. The number of aryl methyl sites for hydroxylation is 2. The number of carbonyl (C=O) groups is 1. The van der Waals surface area contributed by atoms with Crippen LogP contribution in [-0.4, -0.2) is 36.6 Å². The molecule has 0 heterocycles. The van der Waals surface area contributed by atoms with Gasteiger partial charge in [-0.2, -0.15) is 13.2 Å². The minimum absolute atomic E-state index is 0.00671. The highest BCUT2D eigenvalue weighted by Crippen LogP contribution is 2.24. The minimum Gasteiger partial charge on any atom is -0.329 e. The molecule has 2 N–H and O–H groups in total. The first kappa shape index (κ1) is 14.8. The number of amides is 1. The Balaban J connectivity index is 2.18. The van der Waals surface area contributed by atoms with E-state index in [1.807, 2.05) is 6.07 Å². The number of rotatable bonds is 4. The lowest BCUT2D eigenvalue weighted by atomic mass is 10.1. The molecule has 0 radical (unpaired) electrons. The Kier molecular flexibility index (Phi) is 4.32. The summed E-state index contributed by atoms with van der Waals surface area (Å²) in [6.45, 7) is -1.36. The number of hydrogen-bond acceptors (Lipinski definition) is 2. The van der Waals surface area contributed by atoms with Crippen LogP contribution in [0.1, 0.15) is 27.9 Å². The molecule has 0 fully saturated rings. The molecule has 0 bridgehead atoms. The fourth-order valence-electron chi connectivity index (χ4n) is 2.51. The van der Waals surface area contributed by atoms with E-state index in [4.69, 9.17) is 5.73 Å². The van der Waals surface area contributed by atoms with E-state index in [1.54, 1.807) is 12.1 Å². The van der Waals surface area contributed by atoms with Crippen LogP contribution in [0.25, 0.3) is 0 Å². The molecule has 0 atom stereocenters. The maximum atomic E-state index is 12.5. The van der Waals surface area contributed by atoms with Crippen LogP contribution in [0.15, 0.2) is 18.2 Å². The molecule has 3 nitrogen and oxygen atoms in total. The van der Waals surface area contributed by atoms with Gasteiger partial charge in [0, 0.05) is 18.7 Å². The smallest absolute Gasteiger partial charge is 0.329 e. The second-order valence-electron chi connectivity index (χ2n) is 4.97. The number of nitrogens with two attached hydrogens (primary N) is 1. The molecule has 2 rings (SSSR count). The van der Waals surface area contributed by atoms with E-state index in [0.717, 1.165) is 29.7 Å². The van der Waals surface area contributed by atoms with Gasteiger partial charge >= 0.3 is 6.18 Å². The zero-order valence-electron chi connectivity index (χ0n) is 11.0. The zero-order valence-corrected chi connectivity index (χ0v) is 11.0. The predicted molar refractivity (Wildman–Crippen MR) is 69.5 cm³/mol. The van der Waals surface area contributed by atoms with Gasteiger partial charge in [-0.15, -0.1) is 0 Å². The van der Waals surface area contributed by atoms with E-state index >= 15 is 0 Å². The summed E-state index contributed by atoms with van der Waals surface area (Å²) >= 11 is 0. The number of hydrogen-bond donors (Lipinski definition) is 1. The third-order valence-electron chi connectivity index (χ3n) is 3.40. The topological polar surface area (TPSA) is 46.3 Å². The van der Waals surface area contributed by atoms with E-state index in [2.05, 4.69) is 0 Å². The summed E-state index contributed by atoms with van der Waals surface area (Å²) in [5.41, 5.74) is 7.85. The molecule has 0 saturated carbocycles. The number of alkyl halides is 3. The summed E-state index contributed by atoms with van der Waals surface area (Å²) in [5.74, 6) is -0.609. The molecule has 0 saturated heterocycles. The van der Waals surface area contributed by atoms with Crippen LogP contribution >= 0.6 is 0 Å². The quantitative estimate of drug-likeness (QED) is 0.921. The zero-order chi connectivity index (χ0) is 14.8. The lowest BCUT2D eigenvalue weighted by Gasteiger charge is -2.23. The number of fused-ring (bicyclic) bond motifs is 1. The number of carbonyl (C=O) groups excluding carboxylic acids is 1. The monoisotopic (exact) mass is 286 g/mol. The molecule has 20 heavy (non-hydrogen) atoms. The van der Waals surface area contributed by atoms with Crippen molar-refractivity contribution in [1.82, 2.24) is 4.90 Å². The van der Waals surface area contributed by atoms with E-state index < -0.39 is 18.6 Å². The Morgan fingerprint density at radius 1 is 1.25 bits per heavy atom. The first-order valence-electron chi connectivity index (χ1n) is 6.58. The van der Waals surface area contributed by atoms with Crippen LogP contribution in [0.5, 0.6) is 0 Å². The van der Waals surface area contributed by atoms with Gasteiger partial charge in [0.25, 0.3) is 5.91 Å². The molecule has 1 aromatic carbocycles. The third-order valence-corrected chi connectivity index (χ3v) is 3.40. The van der Waals surface area contributed by atoms with E-state index in [-0.39, 0.29) is 13.1 Å². The molecule has 0 aliphatic heterocycles. The van der Waals surface area contributed by atoms with Crippen LogP contribution in [0.4, 0.5) is 13.2 Å². The van der Waals surface area contributed by atoms with Gasteiger partial charge in [0.15, 0.2) is 0 Å². The van der Waals surface area contributed by atoms with Crippen LogP contribution in [0.2, 0.25) is 0 Å². The van der Waals surface area contributed by atoms with Gasteiger partial charge in [-0.25, -0.2) is 0 Å². The van der Waals surface area contributed by atoms with Gasteiger partial charge in [-0.1, -0.05) is 6.07 Å². The highest BCUT2D eigenvalue weighted by atomic mass is 19.4. The Morgan fingerprint density at radius 3 is 2.60 bits per heavy atom. The average Bonchev–Trinajstić information content (AvgIpc) is 2.83. The van der Waals surface area contributed by atoms with Crippen LogP contribution in [-0.2, 0) is 12.8 Å². The van der Waals surface area contributed by atoms with Crippen molar-refractivity contribution in [3.63, 3.8) is 0 Å². The molecule has 110 valence electrons. The standard InChI is InChI=1S/C14H17F3N2O/c15-14(16,17)9-19(7-6-18)13(20)12-5-4-10-2-1-3-11(10)8-12/h4-5,8H,1-3,6-7,9,18H2. The summed E-state index contributed by atoms with van der Waals surface area (Å²) in [5, 5.41) is 0. The second-order valence-corrected chi connectivity index (χ2v) is 4.97. The molecule has 1 aromatic rings. The Hall–Kier alpha value is -1.56. The van der Waals surface area contributed by atoms with Crippen molar-refractivity contribution in [2.75, 3.05) is 19.6 Å². The van der Waals surface area contributed by atoms with Gasteiger partial charge in [-0.3, -0.25) is 4.79 Å². The molecule has 1 amide bonds. The van der Waals surface area contributed by atoms with E-state index in [9.17, 15) is 18.0 Å². The molecule has 1 aliphatic rings. The van der Waals surface area contributed by atoms with E-state index in [0.29, 0.717) is 5.56 Å². The van der Waals surface area contributed by atoms with Crippen molar-refractivity contribution < 1.29 is 18.0 Å². The molecular formula is C14H17F3N2O. The van der Waals surface area contributed by atoms with Crippen LogP contribution in [0, 0.1) is 0 Å². The van der Waals surface area contributed by atoms with Gasteiger partial charge in [0.05, 0.1) is 0 Å². The van der Waals surface area contributed by atoms with Crippen molar-refractivity contribution in [2.24, 2.45) is 5.73 Å². The largest absolute Gasteiger partial charge is 0.406 e. The summed E-state index contributed by atoms with van der Waals surface area (Å²) in [6.07, 6.45) is -1.53. The molecule has 0 spiro atoms. The van der Waals surface area contributed by atoms with E-state index in [1.165, 1.54) is 5.56 Å². The Morgan fingerprint density at radius 2 is 1.95 bits per heavy atom. The van der Waals surface area contributed by atoms with Crippen LogP contribution < -0.4 is 5.73 Å². The third kappa shape index (κ3) is 3.50. The molecule has 6 heteroatoms. The number of benzene rings is 1. The second kappa shape index (κ2) is 5.83. The SMILES string of the molecule is NCCN(CC(F)(F)F)C(=O)c1ccc2c(c1)CCC2. The predicted octanol–water partition coefficient (Wildman–Crippen LogP) is 2.14. The first-order chi connectivity index (χ1) is 9.40. The average molecular weight is 286 g/mol. The maximum Gasteiger partial charge on any atom is 0.406 e. The van der Waals surface area contributed by atoms with Gasteiger partial charge < -0.3 is 10.6 Å². The Labute approximate surface area is 115 Å². The van der Waals surface area contributed by atoms with Gasteiger partial charge in [0.2, 0.25) is 0 Å². The molecule has 0 aromatic heterocycles. The summed E-state index contributed by atoms with van der Waals surface area (Å²) in [4.78, 5) is 12.9. The lowest BCUT2D eigenvalue weighted by molar-refractivity contribution is -0.140. The van der Waals surface area contributed by atoms with Crippen molar-refractivity contribution in [2.45, 2.75) is 25.4 Å². The van der Waals surface area contributed by atoms with Crippen molar-refractivity contribution in [3.8, 4) is 0 Å².